The lowest BCUT2D eigenvalue weighted by atomic mass is 9.50. The summed E-state index contributed by atoms with van der Waals surface area (Å²) in [6.45, 7) is 9.55. The molecular weight excluding hydrogens is 426 g/mol. The number of nitrogens with zero attached hydrogens (tertiary/aromatic N) is 1. The van der Waals surface area contributed by atoms with Crippen molar-refractivity contribution >= 4 is 5.71 Å². The standard InChI is InChI=1S/C29H43NO4/c1-19(30-33-18-22-17-32-22)24-9-10-25-23-8-7-20-16-21(34-27-6-4-5-15-31-27)11-13-28(20,2)26(23)12-14-29(24,25)3/h7-8,21-22,24-27H,4-6,9-18H2,1-3H3/t21?,22?,24-,25+,26+,27?,28+,29-/m1/s1. The van der Waals surface area contributed by atoms with E-state index < -0.39 is 0 Å². The molecule has 6 rings (SSSR count). The van der Waals surface area contributed by atoms with Crippen molar-refractivity contribution in [3.63, 3.8) is 0 Å². The summed E-state index contributed by atoms with van der Waals surface area (Å²) in [6.07, 6.45) is 17.7. The molecule has 2 heterocycles. The molecule has 0 amide bonds. The van der Waals surface area contributed by atoms with Crippen LogP contribution in [0.4, 0.5) is 0 Å². The van der Waals surface area contributed by atoms with Crippen LogP contribution >= 0.6 is 0 Å². The fourth-order valence-electron chi connectivity index (χ4n) is 8.26. The van der Waals surface area contributed by atoms with E-state index >= 15 is 0 Å². The van der Waals surface area contributed by atoms with Crippen LogP contribution in [-0.2, 0) is 19.0 Å². The molecule has 5 nitrogen and oxygen atoms in total. The van der Waals surface area contributed by atoms with E-state index in [2.05, 4.69) is 38.1 Å². The smallest absolute Gasteiger partial charge is 0.157 e. The fraction of sp³-hybridized carbons (Fsp3) is 0.828. The Labute approximate surface area is 205 Å². The second-order valence-electron chi connectivity index (χ2n) is 12.3. The molecule has 3 unspecified atom stereocenters. The Morgan fingerprint density at radius 1 is 1.03 bits per heavy atom. The molecule has 188 valence electrons. The van der Waals surface area contributed by atoms with Gasteiger partial charge in [0, 0.05) is 12.5 Å². The first-order valence-electron chi connectivity index (χ1n) is 13.9. The largest absolute Gasteiger partial charge is 0.393 e. The number of oxime groups is 1. The number of hydrogen-bond acceptors (Lipinski definition) is 5. The zero-order valence-corrected chi connectivity index (χ0v) is 21.4. The van der Waals surface area contributed by atoms with Gasteiger partial charge < -0.3 is 19.0 Å². The first kappa shape index (κ1) is 23.2. The molecule has 6 aliphatic rings. The minimum Gasteiger partial charge on any atom is -0.393 e. The van der Waals surface area contributed by atoms with Crippen molar-refractivity contribution in [2.75, 3.05) is 19.8 Å². The highest BCUT2D eigenvalue weighted by Gasteiger charge is 2.57. The summed E-state index contributed by atoms with van der Waals surface area (Å²) in [5.41, 5.74) is 5.14. The Morgan fingerprint density at radius 2 is 1.91 bits per heavy atom. The maximum absolute atomic E-state index is 6.42. The van der Waals surface area contributed by atoms with Gasteiger partial charge in [0.2, 0.25) is 0 Å². The third kappa shape index (κ3) is 4.10. The molecule has 0 spiro atoms. The average molecular weight is 470 g/mol. The van der Waals surface area contributed by atoms with Crippen LogP contribution < -0.4 is 0 Å². The first-order chi connectivity index (χ1) is 16.5. The first-order valence-corrected chi connectivity index (χ1v) is 13.9. The van der Waals surface area contributed by atoms with Gasteiger partial charge in [0.05, 0.1) is 18.4 Å². The molecule has 0 aromatic carbocycles. The number of rotatable bonds is 6. The normalized spacial score (nSPS) is 46.0. The number of ether oxygens (including phenoxy) is 3. The van der Waals surface area contributed by atoms with E-state index in [0.29, 0.717) is 41.3 Å². The lowest BCUT2D eigenvalue weighted by Crippen LogP contribution is -2.47. The van der Waals surface area contributed by atoms with Gasteiger partial charge in [0.15, 0.2) is 6.29 Å². The van der Waals surface area contributed by atoms with Gasteiger partial charge in [-0.05, 0) is 93.8 Å². The quantitative estimate of drug-likeness (QED) is 0.264. The molecule has 4 aliphatic carbocycles. The Kier molecular flexibility index (Phi) is 6.18. The molecule has 5 heteroatoms. The molecule has 8 atom stereocenters. The molecule has 0 aromatic heterocycles. The van der Waals surface area contributed by atoms with Gasteiger partial charge in [-0.1, -0.05) is 42.3 Å². The predicted molar refractivity (Wildman–Crippen MR) is 132 cm³/mol. The number of hydrogen-bond donors (Lipinski definition) is 0. The van der Waals surface area contributed by atoms with Crippen molar-refractivity contribution in [1.82, 2.24) is 0 Å². The molecule has 0 N–H and O–H groups in total. The summed E-state index contributed by atoms with van der Waals surface area (Å²) < 4.78 is 17.6. The zero-order chi connectivity index (χ0) is 23.3. The monoisotopic (exact) mass is 469 g/mol. The minimum atomic E-state index is 0.0231. The van der Waals surface area contributed by atoms with Gasteiger partial charge in [-0.3, -0.25) is 0 Å². The Hall–Kier alpha value is -1.17. The molecular formula is C29H43NO4. The summed E-state index contributed by atoms with van der Waals surface area (Å²) in [4.78, 5) is 5.63. The van der Waals surface area contributed by atoms with Gasteiger partial charge >= 0.3 is 0 Å². The van der Waals surface area contributed by atoms with E-state index in [0.717, 1.165) is 32.5 Å². The zero-order valence-electron chi connectivity index (χ0n) is 21.4. The Morgan fingerprint density at radius 3 is 2.71 bits per heavy atom. The summed E-state index contributed by atoms with van der Waals surface area (Å²) in [5.74, 6) is 1.89. The third-order valence-electron chi connectivity index (χ3n) is 10.4. The molecule has 2 aliphatic heterocycles. The molecule has 5 fully saturated rings. The molecule has 0 radical (unpaired) electrons. The van der Waals surface area contributed by atoms with Crippen molar-refractivity contribution < 1.29 is 19.0 Å². The lowest BCUT2D eigenvalue weighted by Gasteiger charge is -2.55. The van der Waals surface area contributed by atoms with E-state index in [1.807, 2.05) is 0 Å². The highest BCUT2D eigenvalue weighted by Crippen LogP contribution is 2.65. The topological polar surface area (TPSA) is 52.6 Å². The second kappa shape index (κ2) is 9.05. The molecule has 0 bridgehead atoms. The number of fused-ring (bicyclic) bond motifs is 5. The van der Waals surface area contributed by atoms with Crippen molar-refractivity contribution in [2.24, 2.45) is 33.7 Å². The van der Waals surface area contributed by atoms with Crippen molar-refractivity contribution in [3.05, 3.63) is 23.3 Å². The molecule has 3 saturated carbocycles. The summed E-state index contributed by atoms with van der Waals surface area (Å²) >= 11 is 0. The average Bonchev–Trinajstić information content (AvgIpc) is 3.59. The van der Waals surface area contributed by atoms with Crippen LogP contribution in [0.3, 0.4) is 0 Å². The van der Waals surface area contributed by atoms with Crippen molar-refractivity contribution in [2.45, 2.75) is 103 Å². The molecule has 34 heavy (non-hydrogen) atoms. The van der Waals surface area contributed by atoms with Gasteiger partial charge in [0.25, 0.3) is 0 Å². The Bertz CT molecular complexity index is 869. The number of epoxide rings is 1. The Balaban J connectivity index is 1.17. The van der Waals surface area contributed by atoms with E-state index in [1.54, 1.807) is 11.1 Å². The molecule has 0 aromatic rings. The maximum atomic E-state index is 6.42. The van der Waals surface area contributed by atoms with E-state index in [4.69, 9.17) is 19.0 Å². The lowest BCUT2D eigenvalue weighted by molar-refractivity contribution is -0.193. The maximum Gasteiger partial charge on any atom is 0.157 e. The van der Waals surface area contributed by atoms with E-state index in [9.17, 15) is 0 Å². The van der Waals surface area contributed by atoms with Gasteiger partial charge in [0.1, 0.15) is 12.7 Å². The summed E-state index contributed by atoms with van der Waals surface area (Å²) in [7, 11) is 0. The highest BCUT2D eigenvalue weighted by atomic mass is 16.7. The van der Waals surface area contributed by atoms with Crippen LogP contribution in [0.15, 0.2) is 28.5 Å². The van der Waals surface area contributed by atoms with Crippen LogP contribution in [-0.4, -0.2) is 44.0 Å². The van der Waals surface area contributed by atoms with Crippen LogP contribution in [0, 0.1) is 28.6 Å². The fourth-order valence-corrected chi connectivity index (χ4v) is 8.26. The summed E-state index contributed by atoms with van der Waals surface area (Å²) in [5, 5.41) is 4.54. The van der Waals surface area contributed by atoms with Gasteiger partial charge in [-0.25, -0.2) is 0 Å². The van der Waals surface area contributed by atoms with Crippen LogP contribution in [0.2, 0.25) is 0 Å². The second-order valence-corrected chi connectivity index (χ2v) is 12.3. The molecule has 2 saturated heterocycles. The van der Waals surface area contributed by atoms with Gasteiger partial charge in [-0.15, -0.1) is 0 Å². The van der Waals surface area contributed by atoms with Crippen LogP contribution in [0.25, 0.3) is 0 Å². The van der Waals surface area contributed by atoms with Crippen LogP contribution in [0.1, 0.15) is 85.0 Å². The predicted octanol–water partition coefficient (Wildman–Crippen LogP) is 6.19. The number of allylic oxidation sites excluding steroid dienone is 3. The van der Waals surface area contributed by atoms with Gasteiger partial charge in [-0.2, -0.15) is 0 Å². The third-order valence-corrected chi connectivity index (χ3v) is 10.4. The summed E-state index contributed by atoms with van der Waals surface area (Å²) in [6, 6.07) is 0. The van der Waals surface area contributed by atoms with Crippen LogP contribution in [0.5, 0.6) is 0 Å². The van der Waals surface area contributed by atoms with Crippen molar-refractivity contribution in [3.8, 4) is 0 Å². The minimum absolute atomic E-state index is 0.0231. The van der Waals surface area contributed by atoms with E-state index in [-0.39, 0.29) is 12.4 Å². The van der Waals surface area contributed by atoms with Crippen molar-refractivity contribution in [1.29, 1.82) is 0 Å². The SMILES string of the molecule is CC(=NOCC1CO1)[C@H]1CC[C@H]2C3=CC=C4CC(OC5CCCCO5)CC[C@]4(C)[C@H]3CC[C@]12C. The van der Waals surface area contributed by atoms with E-state index in [1.165, 1.54) is 50.7 Å². The highest BCUT2D eigenvalue weighted by molar-refractivity contribution is 5.85.